The van der Waals surface area contributed by atoms with E-state index >= 15 is 0 Å². The number of hydrogen-bond acceptors (Lipinski definition) is 6. The predicted octanol–water partition coefficient (Wildman–Crippen LogP) is 2.84. The number of piperidine rings is 1. The average Bonchev–Trinajstić information content (AvgIpc) is 3.44. The van der Waals surface area contributed by atoms with Gasteiger partial charge in [0, 0.05) is 59.9 Å². The van der Waals surface area contributed by atoms with Crippen LogP contribution in [0.15, 0.2) is 24.3 Å². The first-order chi connectivity index (χ1) is 16.9. The number of benzene rings is 1. The fourth-order valence-electron chi connectivity index (χ4n) is 4.78. The number of halogens is 2. The lowest BCUT2D eigenvalue weighted by Gasteiger charge is -2.38. The van der Waals surface area contributed by atoms with Crippen LogP contribution in [0.3, 0.4) is 0 Å². The summed E-state index contributed by atoms with van der Waals surface area (Å²) < 4.78 is 13.0. The van der Waals surface area contributed by atoms with Crippen molar-refractivity contribution in [2.24, 2.45) is 0 Å². The minimum absolute atomic E-state index is 0.251. The molecule has 2 aliphatic rings. The molecule has 0 saturated carbocycles. The van der Waals surface area contributed by atoms with E-state index in [1.807, 2.05) is 11.0 Å². The third-order valence-electron chi connectivity index (χ3n) is 6.67. The van der Waals surface area contributed by atoms with Crippen molar-refractivity contribution in [2.75, 3.05) is 39.9 Å². The van der Waals surface area contributed by atoms with Gasteiger partial charge in [-0.1, -0.05) is 11.6 Å². The molecule has 35 heavy (non-hydrogen) atoms. The van der Waals surface area contributed by atoms with E-state index in [9.17, 15) is 14.0 Å². The van der Waals surface area contributed by atoms with Crippen molar-refractivity contribution < 1.29 is 14.0 Å². The summed E-state index contributed by atoms with van der Waals surface area (Å²) in [6.45, 7) is 2.66. The van der Waals surface area contributed by atoms with E-state index in [0.717, 1.165) is 41.0 Å². The fraction of sp³-hybridized carbons (Fsp3) is 0.458. The summed E-state index contributed by atoms with van der Waals surface area (Å²) in [5, 5.41) is 8.03. The van der Waals surface area contributed by atoms with Crippen molar-refractivity contribution >= 4 is 45.7 Å². The van der Waals surface area contributed by atoms with Crippen LogP contribution in [0.1, 0.15) is 37.3 Å². The van der Waals surface area contributed by atoms with E-state index in [1.54, 1.807) is 18.2 Å². The lowest BCUT2D eigenvalue weighted by atomic mass is 9.98. The maximum absolute atomic E-state index is 13.1. The third kappa shape index (κ3) is 5.35. The van der Waals surface area contributed by atoms with Crippen LogP contribution in [0.25, 0.3) is 10.9 Å². The van der Waals surface area contributed by atoms with E-state index in [1.165, 1.54) is 11.3 Å². The number of carbonyl (C=O) groups is 2. The van der Waals surface area contributed by atoms with Crippen molar-refractivity contribution in [3.8, 4) is 0 Å². The molecule has 2 aromatic heterocycles. The number of hydrogen-bond donors (Lipinski definition) is 3. The normalized spacial score (nSPS) is 21.1. The number of alkyl halides is 1. The van der Waals surface area contributed by atoms with Crippen LogP contribution in [0.4, 0.5) is 4.39 Å². The van der Waals surface area contributed by atoms with Crippen LogP contribution < -0.4 is 10.6 Å². The highest BCUT2D eigenvalue weighted by molar-refractivity contribution is 7.13. The molecule has 1 fully saturated rings. The molecule has 1 saturated heterocycles. The highest BCUT2D eigenvalue weighted by Gasteiger charge is 2.33. The van der Waals surface area contributed by atoms with Crippen molar-refractivity contribution in [3.63, 3.8) is 0 Å². The molecule has 0 spiro atoms. The molecule has 0 aliphatic carbocycles. The second kappa shape index (κ2) is 10.2. The molecule has 2 atom stereocenters. The van der Waals surface area contributed by atoms with Gasteiger partial charge in [-0.3, -0.25) is 14.5 Å². The maximum Gasteiger partial charge on any atom is 0.280 e. The van der Waals surface area contributed by atoms with E-state index in [4.69, 9.17) is 11.6 Å². The van der Waals surface area contributed by atoms with Crippen molar-refractivity contribution in [1.29, 1.82) is 0 Å². The highest BCUT2D eigenvalue weighted by Crippen LogP contribution is 2.25. The predicted molar refractivity (Wildman–Crippen MR) is 135 cm³/mol. The molecule has 0 bridgehead atoms. The minimum atomic E-state index is -0.456. The summed E-state index contributed by atoms with van der Waals surface area (Å²) >= 11 is 7.49. The number of likely N-dealkylation sites (N-methyl/N-ethyl adjacent to an activating group) is 1. The molecule has 1 aromatic carbocycles. The van der Waals surface area contributed by atoms with Gasteiger partial charge in [0.05, 0.1) is 17.8 Å². The topological polar surface area (TPSA) is 93.4 Å². The molecule has 2 unspecified atom stereocenters. The summed E-state index contributed by atoms with van der Waals surface area (Å²) in [6.07, 6.45) is 1.43. The number of aromatic nitrogens is 2. The summed E-state index contributed by atoms with van der Waals surface area (Å²) in [4.78, 5) is 39.2. The van der Waals surface area contributed by atoms with Crippen LogP contribution in [0, 0.1) is 0 Å². The van der Waals surface area contributed by atoms with Gasteiger partial charge >= 0.3 is 0 Å². The van der Waals surface area contributed by atoms with Gasteiger partial charge in [-0.15, -0.1) is 11.3 Å². The summed E-state index contributed by atoms with van der Waals surface area (Å²) in [6, 6.07) is 6.50. The molecule has 11 heteroatoms. The van der Waals surface area contributed by atoms with Gasteiger partial charge in [0.1, 0.15) is 12.4 Å². The summed E-state index contributed by atoms with van der Waals surface area (Å²) in [5.41, 5.74) is 2.24. The number of fused-ring (bicyclic) bond motifs is 2. The molecule has 3 aromatic rings. The van der Waals surface area contributed by atoms with Gasteiger partial charge in [0.2, 0.25) is 0 Å². The third-order valence-corrected chi connectivity index (χ3v) is 7.99. The van der Waals surface area contributed by atoms with Gasteiger partial charge in [-0.05, 0) is 37.7 Å². The van der Waals surface area contributed by atoms with E-state index in [0.29, 0.717) is 41.8 Å². The molecule has 3 N–H and O–H groups in total. The molecule has 8 nitrogen and oxygen atoms in total. The van der Waals surface area contributed by atoms with E-state index in [2.05, 4.69) is 32.5 Å². The fourth-order valence-corrected chi connectivity index (χ4v) is 6.06. The Morgan fingerprint density at radius 3 is 2.89 bits per heavy atom. The first kappa shape index (κ1) is 24.2. The number of amides is 2. The lowest BCUT2D eigenvalue weighted by Crippen LogP contribution is -2.60. The minimum Gasteiger partial charge on any atom is -0.351 e. The largest absolute Gasteiger partial charge is 0.351 e. The first-order valence-electron chi connectivity index (χ1n) is 11.7. The summed E-state index contributed by atoms with van der Waals surface area (Å²) in [7, 11) is 2.05. The van der Waals surface area contributed by atoms with Crippen molar-refractivity contribution in [2.45, 2.75) is 31.5 Å². The number of nitrogens with one attached hydrogen (secondary N) is 3. The van der Waals surface area contributed by atoms with Crippen LogP contribution >= 0.6 is 22.9 Å². The monoisotopic (exact) mass is 518 g/mol. The quantitative estimate of drug-likeness (QED) is 0.466. The van der Waals surface area contributed by atoms with Crippen LogP contribution in [-0.2, 0) is 13.0 Å². The van der Waals surface area contributed by atoms with Gasteiger partial charge in [0.15, 0.2) is 5.01 Å². The van der Waals surface area contributed by atoms with Gasteiger partial charge < -0.3 is 20.5 Å². The lowest BCUT2D eigenvalue weighted by molar-refractivity contribution is 0.0801. The second-order valence-electron chi connectivity index (χ2n) is 9.23. The Morgan fingerprint density at radius 1 is 1.23 bits per heavy atom. The molecule has 0 radical (unpaired) electrons. The number of H-pyrrole nitrogens is 1. The van der Waals surface area contributed by atoms with Gasteiger partial charge in [-0.25, -0.2) is 9.37 Å². The Kier molecular flexibility index (Phi) is 7.06. The molecule has 186 valence electrons. The first-order valence-corrected chi connectivity index (χ1v) is 12.9. The summed E-state index contributed by atoms with van der Waals surface area (Å²) in [5.74, 6) is -0.507. The smallest absolute Gasteiger partial charge is 0.280 e. The standard InChI is InChI=1S/C24H28ClFN6O2S/c1-31-7-4-18-21(13-31)35-24(30-18)23(34)29-20-12-32(9-6-26)8-5-17(20)28-22(33)19-11-14-10-15(25)2-3-16(14)27-19/h2-3,10-11,17,20,27H,4-9,12-13H2,1H3,(H,28,33)(H,29,34). The molecule has 2 amide bonds. The highest BCUT2D eigenvalue weighted by atomic mass is 35.5. The zero-order valence-corrected chi connectivity index (χ0v) is 21.0. The molecular weight excluding hydrogens is 491 g/mol. The van der Waals surface area contributed by atoms with Crippen molar-refractivity contribution in [1.82, 2.24) is 30.4 Å². The number of carbonyl (C=O) groups excluding carboxylic acids is 2. The second-order valence-corrected chi connectivity index (χ2v) is 10.7. The van der Waals surface area contributed by atoms with E-state index < -0.39 is 6.67 Å². The Labute approximate surface area is 211 Å². The average molecular weight is 519 g/mol. The van der Waals surface area contributed by atoms with Crippen LogP contribution in [0.5, 0.6) is 0 Å². The number of rotatable bonds is 6. The zero-order valence-electron chi connectivity index (χ0n) is 19.4. The Balaban J connectivity index is 1.31. The SMILES string of the molecule is CN1CCc2nc(C(=O)NC3CN(CCF)CCC3NC(=O)c3cc4cc(Cl)ccc4[nH]3)sc2C1. The molecular formula is C24H28ClFN6O2S. The Morgan fingerprint density at radius 2 is 2.06 bits per heavy atom. The van der Waals surface area contributed by atoms with Crippen LogP contribution in [0.2, 0.25) is 5.02 Å². The van der Waals surface area contributed by atoms with Gasteiger partial charge in [-0.2, -0.15) is 0 Å². The number of aromatic amines is 1. The molecule has 2 aliphatic heterocycles. The molecule has 4 heterocycles. The van der Waals surface area contributed by atoms with Crippen LogP contribution in [-0.4, -0.2) is 83.6 Å². The van der Waals surface area contributed by atoms with E-state index in [-0.39, 0.29) is 23.9 Å². The van der Waals surface area contributed by atoms with Crippen molar-refractivity contribution in [3.05, 3.63) is 50.6 Å². The number of likely N-dealkylation sites (tertiary alicyclic amines) is 1. The zero-order chi connectivity index (χ0) is 24.5. The number of nitrogens with zero attached hydrogens (tertiary/aromatic N) is 3. The van der Waals surface area contributed by atoms with Gasteiger partial charge in [0.25, 0.3) is 11.8 Å². The Bertz CT molecular complexity index is 1250. The number of thiazole rings is 1. The maximum atomic E-state index is 13.1. The molecule has 5 rings (SSSR count). The Hall–Kier alpha value is -2.53.